The zero-order valence-corrected chi connectivity index (χ0v) is 13.7. The van der Waals surface area contributed by atoms with Crippen LogP contribution in [0.4, 0.5) is 0 Å². The number of rotatable bonds is 6. The number of carbonyl (C=O) groups is 1. The van der Waals surface area contributed by atoms with Crippen LogP contribution in [0.2, 0.25) is 0 Å². The lowest BCUT2D eigenvalue weighted by Gasteiger charge is -2.05. The van der Waals surface area contributed by atoms with Gasteiger partial charge < -0.3 is 10.1 Å². The number of fused-ring (bicyclic) bond motifs is 1. The Kier molecular flexibility index (Phi) is 4.88. The average molecular weight is 326 g/mol. The summed E-state index contributed by atoms with van der Waals surface area (Å²) in [5.41, 5.74) is 1.97. The van der Waals surface area contributed by atoms with E-state index in [1.165, 1.54) is 4.70 Å². The first-order chi connectivity index (χ1) is 11.2. The highest BCUT2D eigenvalue weighted by molar-refractivity contribution is 7.18. The number of amides is 1. The van der Waals surface area contributed by atoms with Crippen LogP contribution in [0.3, 0.4) is 0 Å². The van der Waals surface area contributed by atoms with Gasteiger partial charge in [-0.15, -0.1) is 11.3 Å². The molecule has 1 aromatic heterocycles. The van der Waals surface area contributed by atoms with Crippen molar-refractivity contribution in [3.8, 4) is 5.75 Å². The van der Waals surface area contributed by atoms with Crippen molar-refractivity contribution in [1.82, 2.24) is 10.3 Å². The van der Waals surface area contributed by atoms with Crippen LogP contribution in [0.25, 0.3) is 10.2 Å². The molecule has 2 aromatic carbocycles. The quantitative estimate of drug-likeness (QED) is 0.757. The van der Waals surface area contributed by atoms with Crippen LogP contribution in [0.5, 0.6) is 5.75 Å². The first kappa shape index (κ1) is 15.5. The van der Waals surface area contributed by atoms with Gasteiger partial charge in [0.05, 0.1) is 28.8 Å². The highest BCUT2D eigenvalue weighted by Gasteiger charge is 2.06. The number of ether oxygens (including phenoxy) is 1. The van der Waals surface area contributed by atoms with Gasteiger partial charge in [-0.25, -0.2) is 4.98 Å². The molecule has 0 fully saturated rings. The number of para-hydroxylation sites is 1. The predicted octanol–water partition coefficient (Wildman–Crippen LogP) is 3.21. The highest BCUT2D eigenvalue weighted by atomic mass is 32.1. The van der Waals surface area contributed by atoms with E-state index in [1.54, 1.807) is 18.4 Å². The smallest absolute Gasteiger partial charge is 0.224 e. The molecule has 0 atom stereocenters. The lowest BCUT2D eigenvalue weighted by Crippen LogP contribution is -2.27. The second kappa shape index (κ2) is 7.24. The summed E-state index contributed by atoms with van der Waals surface area (Å²) >= 11 is 1.68. The summed E-state index contributed by atoms with van der Waals surface area (Å²) in [6, 6.07) is 15.6. The van der Waals surface area contributed by atoms with Crippen molar-refractivity contribution in [1.29, 1.82) is 0 Å². The number of nitrogens with one attached hydrogen (secondary N) is 1. The Morgan fingerprint density at radius 3 is 2.91 bits per heavy atom. The molecule has 0 unspecified atom stereocenters. The standard InChI is InChI=1S/C18H18N2O2S/c1-22-14-6-4-5-13(11-14)12-17(21)19-10-9-18-20-15-7-2-3-8-16(15)23-18/h2-8,11H,9-10,12H2,1H3,(H,19,21). The Labute approximate surface area is 139 Å². The third-order valence-corrected chi connectivity index (χ3v) is 4.59. The van der Waals surface area contributed by atoms with Crippen LogP contribution in [0.15, 0.2) is 48.5 Å². The van der Waals surface area contributed by atoms with Crippen molar-refractivity contribution in [2.75, 3.05) is 13.7 Å². The molecule has 0 radical (unpaired) electrons. The number of thiazole rings is 1. The van der Waals surface area contributed by atoms with Crippen LogP contribution in [0, 0.1) is 0 Å². The van der Waals surface area contributed by atoms with Crippen molar-refractivity contribution < 1.29 is 9.53 Å². The first-order valence-electron chi connectivity index (χ1n) is 7.48. The van der Waals surface area contributed by atoms with E-state index >= 15 is 0 Å². The van der Waals surface area contributed by atoms with E-state index in [1.807, 2.05) is 42.5 Å². The van der Waals surface area contributed by atoms with E-state index in [0.717, 1.165) is 28.3 Å². The molecule has 3 rings (SSSR count). The summed E-state index contributed by atoms with van der Waals surface area (Å²) < 4.78 is 6.35. The van der Waals surface area contributed by atoms with Crippen molar-refractivity contribution >= 4 is 27.5 Å². The summed E-state index contributed by atoms with van der Waals surface area (Å²) in [6.07, 6.45) is 1.11. The number of hydrogen-bond acceptors (Lipinski definition) is 4. The molecule has 0 aliphatic heterocycles. The molecule has 1 N–H and O–H groups in total. The molecule has 23 heavy (non-hydrogen) atoms. The van der Waals surface area contributed by atoms with Crippen LogP contribution in [-0.4, -0.2) is 24.5 Å². The van der Waals surface area contributed by atoms with Gasteiger partial charge in [0.2, 0.25) is 5.91 Å². The summed E-state index contributed by atoms with van der Waals surface area (Å²) in [5.74, 6) is 0.782. The van der Waals surface area contributed by atoms with Crippen molar-refractivity contribution in [2.24, 2.45) is 0 Å². The predicted molar refractivity (Wildman–Crippen MR) is 93.0 cm³/mol. The largest absolute Gasteiger partial charge is 0.497 e. The van der Waals surface area contributed by atoms with Gasteiger partial charge in [-0.1, -0.05) is 24.3 Å². The maximum atomic E-state index is 12.0. The summed E-state index contributed by atoms with van der Waals surface area (Å²) in [5, 5.41) is 4.00. The minimum Gasteiger partial charge on any atom is -0.497 e. The minimum absolute atomic E-state index is 0.0133. The normalized spacial score (nSPS) is 10.7. The van der Waals surface area contributed by atoms with E-state index in [0.29, 0.717) is 13.0 Å². The summed E-state index contributed by atoms with van der Waals surface area (Å²) in [6.45, 7) is 0.600. The molecular weight excluding hydrogens is 308 g/mol. The molecule has 0 aliphatic rings. The minimum atomic E-state index is 0.0133. The number of aromatic nitrogens is 1. The molecule has 0 saturated heterocycles. The first-order valence-corrected chi connectivity index (χ1v) is 8.30. The number of carbonyl (C=O) groups excluding carboxylic acids is 1. The number of benzene rings is 2. The van der Waals surface area contributed by atoms with Gasteiger partial charge in [-0.3, -0.25) is 4.79 Å². The molecule has 0 bridgehead atoms. The summed E-state index contributed by atoms with van der Waals surface area (Å²) in [7, 11) is 1.62. The Hall–Kier alpha value is -2.40. The van der Waals surface area contributed by atoms with Gasteiger partial charge in [0.1, 0.15) is 5.75 Å². The lowest BCUT2D eigenvalue weighted by molar-refractivity contribution is -0.120. The third-order valence-electron chi connectivity index (χ3n) is 3.50. The molecular formula is C18H18N2O2S. The van der Waals surface area contributed by atoms with E-state index < -0.39 is 0 Å². The second-order valence-corrected chi connectivity index (χ2v) is 6.32. The zero-order valence-electron chi connectivity index (χ0n) is 12.9. The summed E-state index contributed by atoms with van der Waals surface area (Å²) in [4.78, 5) is 16.6. The van der Waals surface area contributed by atoms with E-state index in [4.69, 9.17) is 4.74 Å². The highest BCUT2D eigenvalue weighted by Crippen LogP contribution is 2.21. The molecule has 0 aliphatic carbocycles. The fraction of sp³-hybridized carbons (Fsp3) is 0.222. The zero-order chi connectivity index (χ0) is 16.1. The van der Waals surface area contributed by atoms with E-state index in [-0.39, 0.29) is 5.91 Å². The topological polar surface area (TPSA) is 51.2 Å². The maximum Gasteiger partial charge on any atom is 0.224 e. The van der Waals surface area contributed by atoms with Gasteiger partial charge in [0.15, 0.2) is 0 Å². The molecule has 5 heteroatoms. The lowest BCUT2D eigenvalue weighted by atomic mass is 10.1. The molecule has 1 heterocycles. The van der Waals surface area contributed by atoms with Crippen LogP contribution in [0.1, 0.15) is 10.6 Å². The van der Waals surface area contributed by atoms with Gasteiger partial charge in [0.25, 0.3) is 0 Å². The van der Waals surface area contributed by atoms with Crippen LogP contribution < -0.4 is 10.1 Å². The Balaban J connectivity index is 1.50. The molecule has 4 nitrogen and oxygen atoms in total. The Morgan fingerprint density at radius 2 is 2.09 bits per heavy atom. The van der Waals surface area contributed by atoms with Crippen LogP contribution in [-0.2, 0) is 17.6 Å². The van der Waals surface area contributed by atoms with Gasteiger partial charge in [-0.2, -0.15) is 0 Å². The molecule has 3 aromatic rings. The fourth-order valence-electron chi connectivity index (χ4n) is 2.37. The van der Waals surface area contributed by atoms with Gasteiger partial charge >= 0.3 is 0 Å². The SMILES string of the molecule is COc1cccc(CC(=O)NCCc2nc3ccccc3s2)c1. The molecule has 0 saturated carbocycles. The third kappa shape index (κ3) is 4.07. The van der Waals surface area contributed by atoms with Crippen molar-refractivity contribution in [3.63, 3.8) is 0 Å². The molecule has 1 amide bonds. The average Bonchev–Trinajstić information content (AvgIpc) is 2.97. The van der Waals surface area contributed by atoms with Gasteiger partial charge in [0, 0.05) is 13.0 Å². The monoisotopic (exact) mass is 326 g/mol. The Morgan fingerprint density at radius 1 is 1.22 bits per heavy atom. The number of hydrogen-bond donors (Lipinski definition) is 1. The Bertz CT molecular complexity index is 780. The second-order valence-electron chi connectivity index (χ2n) is 5.20. The fourth-order valence-corrected chi connectivity index (χ4v) is 3.33. The maximum absolute atomic E-state index is 12.0. The molecule has 118 valence electrons. The molecule has 0 spiro atoms. The van der Waals surface area contributed by atoms with Gasteiger partial charge in [-0.05, 0) is 29.8 Å². The number of methoxy groups -OCH3 is 1. The number of nitrogens with zero attached hydrogens (tertiary/aromatic N) is 1. The van der Waals surface area contributed by atoms with E-state index in [2.05, 4.69) is 16.4 Å². The van der Waals surface area contributed by atoms with E-state index in [9.17, 15) is 4.79 Å². The van der Waals surface area contributed by atoms with Crippen LogP contribution >= 0.6 is 11.3 Å². The van der Waals surface area contributed by atoms with Crippen molar-refractivity contribution in [2.45, 2.75) is 12.8 Å². The van der Waals surface area contributed by atoms with Crippen molar-refractivity contribution in [3.05, 3.63) is 59.1 Å².